The van der Waals surface area contributed by atoms with Crippen LogP contribution in [0, 0.1) is 11.6 Å². The number of aryl methyl sites for hydroxylation is 2. The summed E-state index contributed by atoms with van der Waals surface area (Å²) < 4.78 is 27.6. The van der Waals surface area contributed by atoms with Gasteiger partial charge in [-0.25, -0.2) is 8.78 Å². The van der Waals surface area contributed by atoms with E-state index >= 15 is 0 Å². The molecule has 0 saturated carbocycles. The standard InChI is InChI=1S/C29H30F2N2O3/c1-2-18-4-3-5-19(10-18)16-32-17-28(35)26(13-20-11-23(30)15-24(31)12-20)33-29(36)22-7-6-21-8-9-27(34)25(21)14-22/h3-7,10-12,14-15,26,28,32,35H,2,8-9,13,16-17H2,1H3,(H,33,36)/t26-,28+/m0/s1. The number of rotatable bonds is 10. The van der Waals surface area contributed by atoms with Crippen LogP contribution >= 0.6 is 0 Å². The zero-order valence-corrected chi connectivity index (χ0v) is 20.2. The number of fused-ring (bicyclic) bond motifs is 1. The molecule has 0 heterocycles. The van der Waals surface area contributed by atoms with E-state index in [0.29, 0.717) is 36.1 Å². The first-order valence-corrected chi connectivity index (χ1v) is 12.2. The van der Waals surface area contributed by atoms with Gasteiger partial charge in [0.1, 0.15) is 11.6 Å². The minimum Gasteiger partial charge on any atom is -0.390 e. The molecule has 7 heteroatoms. The van der Waals surface area contributed by atoms with Gasteiger partial charge >= 0.3 is 0 Å². The van der Waals surface area contributed by atoms with Gasteiger partial charge in [-0.2, -0.15) is 0 Å². The normalized spacial score (nSPS) is 14.4. The summed E-state index contributed by atoms with van der Waals surface area (Å²) >= 11 is 0. The molecule has 5 nitrogen and oxygen atoms in total. The SMILES string of the molecule is CCc1cccc(CNC[C@@H](O)[C@H](Cc2cc(F)cc(F)c2)NC(=O)c2ccc3c(c2)C(=O)CC3)c1. The number of aliphatic hydroxyl groups excluding tert-OH is 1. The Balaban J connectivity index is 1.47. The quantitative estimate of drug-likeness (QED) is 0.397. The fourth-order valence-corrected chi connectivity index (χ4v) is 4.56. The third-order valence-corrected chi connectivity index (χ3v) is 6.54. The lowest BCUT2D eigenvalue weighted by Gasteiger charge is -2.25. The molecule has 0 fully saturated rings. The first-order valence-electron chi connectivity index (χ1n) is 12.2. The molecule has 3 aromatic rings. The fraction of sp³-hybridized carbons (Fsp3) is 0.310. The van der Waals surface area contributed by atoms with Gasteiger partial charge in [-0.3, -0.25) is 9.59 Å². The predicted octanol–water partition coefficient (Wildman–Crippen LogP) is 4.15. The van der Waals surface area contributed by atoms with Crippen LogP contribution in [0.5, 0.6) is 0 Å². The minimum absolute atomic E-state index is 0.00260. The van der Waals surface area contributed by atoms with Crippen molar-refractivity contribution in [1.82, 2.24) is 10.6 Å². The Bertz CT molecular complexity index is 1240. The summed E-state index contributed by atoms with van der Waals surface area (Å²) in [4.78, 5) is 25.2. The molecular weight excluding hydrogens is 462 g/mol. The number of benzene rings is 3. The molecule has 1 aliphatic rings. The second-order valence-corrected chi connectivity index (χ2v) is 9.23. The monoisotopic (exact) mass is 492 g/mol. The van der Waals surface area contributed by atoms with Gasteiger partial charge < -0.3 is 15.7 Å². The zero-order valence-electron chi connectivity index (χ0n) is 20.2. The number of ketones is 1. The highest BCUT2D eigenvalue weighted by atomic mass is 19.1. The Kier molecular flexibility index (Phi) is 8.23. The van der Waals surface area contributed by atoms with Crippen molar-refractivity contribution in [1.29, 1.82) is 0 Å². The molecule has 0 spiro atoms. The van der Waals surface area contributed by atoms with E-state index < -0.39 is 29.7 Å². The molecule has 0 aliphatic heterocycles. The van der Waals surface area contributed by atoms with Gasteiger partial charge in [0.15, 0.2) is 5.78 Å². The molecule has 0 unspecified atom stereocenters. The molecule has 36 heavy (non-hydrogen) atoms. The topological polar surface area (TPSA) is 78.4 Å². The maximum absolute atomic E-state index is 13.8. The molecule has 0 saturated heterocycles. The van der Waals surface area contributed by atoms with Crippen LogP contribution in [-0.2, 0) is 25.8 Å². The summed E-state index contributed by atoms with van der Waals surface area (Å²) in [5.74, 6) is -1.91. The Labute approximate surface area is 209 Å². The molecule has 2 atom stereocenters. The van der Waals surface area contributed by atoms with E-state index in [-0.39, 0.29) is 18.7 Å². The Morgan fingerprint density at radius 3 is 2.47 bits per heavy atom. The highest BCUT2D eigenvalue weighted by Gasteiger charge is 2.25. The lowest BCUT2D eigenvalue weighted by Crippen LogP contribution is -2.48. The minimum atomic E-state index is -1.04. The van der Waals surface area contributed by atoms with Gasteiger partial charge in [0.25, 0.3) is 5.91 Å². The van der Waals surface area contributed by atoms with Crippen molar-refractivity contribution >= 4 is 11.7 Å². The summed E-state index contributed by atoms with van der Waals surface area (Å²) in [6, 6.07) is 15.4. The molecule has 0 aromatic heterocycles. The molecule has 0 radical (unpaired) electrons. The number of amides is 1. The van der Waals surface area contributed by atoms with E-state index in [0.717, 1.165) is 23.6 Å². The van der Waals surface area contributed by atoms with Crippen LogP contribution in [0.3, 0.4) is 0 Å². The Morgan fingerprint density at radius 2 is 1.72 bits per heavy atom. The largest absolute Gasteiger partial charge is 0.390 e. The highest BCUT2D eigenvalue weighted by Crippen LogP contribution is 2.23. The average molecular weight is 493 g/mol. The maximum Gasteiger partial charge on any atom is 0.251 e. The fourth-order valence-electron chi connectivity index (χ4n) is 4.56. The van der Waals surface area contributed by atoms with Gasteiger partial charge in [-0.05, 0) is 65.8 Å². The molecule has 188 valence electrons. The van der Waals surface area contributed by atoms with Crippen LogP contribution in [0.4, 0.5) is 8.78 Å². The van der Waals surface area contributed by atoms with Gasteiger partial charge in [0.05, 0.1) is 12.1 Å². The average Bonchev–Trinajstić information content (AvgIpc) is 3.23. The van der Waals surface area contributed by atoms with Crippen LogP contribution in [0.15, 0.2) is 60.7 Å². The third kappa shape index (κ3) is 6.42. The lowest BCUT2D eigenvalue weighted by molar-refractivity contribution is 0.0830. The van der Waals surface area contributed by atoms with E-state index in [4.69, 9.17) is 0 Å². The van der Waals surface area contributed by atoms with Crippen molar-refractivity contribution in [3.05, 3.63) is 106 Å². The van der Waals surface area contributed by atoms with Crippen LogP contribution in [-0.4, -0.2) is 35.5 Å². The molecule has 1 aliphatic carbocycles. The molecule has 3 aromatic carbocycles. The van der Waals surface area contributed by atoms with Crippen molar-refractivity contribution < 1.29 is 23.5 Å². The Hall–Kier alpha value is -3.42. The number of halogens is 2. The number of carbonyl (C=O) groups excluding carboxylic acids is 2. The Morgan fingerprint density at radius 1 is 0.972 bits per heavy atom. The van der Waals surface area contributed by atoms with E-state index in [1.54, 1.807) is 18.2 Å². The molecule has 1 amide bonds. The van der Waals surface area contributed by atoms with Crippen molar-refractivity contribution in [3.63, 3.8) is 0 Å². The van der Waals surface area contributed by atoms with E-state index in [9.17, 15) is 23.5 Å². The van der Waals surface area contributed by atoms with Gasteiger partial charge in [0, 0.05) is 36.7 Å². The second-order valence-electron chi connectivity index (χ2n) is 9.23. The van der Waals surface area contributed by atoms with Crippen LogP contribution < -0.4 is 10.6 Å². The summed E-state index contributed by atoms with van der Waals surface area (Å²) in [6.07, 6.45) is 1.00. The summed E-state index contributed by atoms with van der Waals surface area (Å²) in [7, 11) is 0. The van der Waals surface area contributed by atoms with Crippen LogP contribution in [0.1, 0.15) is 56.3 Å². The first-order chi connectivity index (χ1) is 17.3. The number of carbonyl (C=O) groups is 2. The lowest BCUT2D eigenvalue weighted by atomic mass is 9.99. The maximum atomic E-state index is 13.8. The van der Waals surface area contributed by atoms with Crippen molar-refractivity contribution in [3.8, 4) is 0 Å². The summed E-state index contributed by atoms with van der Waals surface area (Å²) in [5.41, 5.74) is 4.35. The van der Waals surface area contributed by atoms with E-state index in [1.165, 1.54) is 17.7 Å². The van der Waals surface area contributed by atoms with Crippen molar-refractivity contribution in [2.45, 2.75) is 51.3 Å². The van der Waals surface area contributed by atoms with E-state index in [2.05, 4.69) is 29.7 Å². The smallest absolute Gasteiger partial charge is 0.251 e. The zero-order chi connectivity index (χ0) is 25.7. The number of aliphatic hydroxyl groups is 1. The van der Waals surface area contributed by atoms with Gasteiger partial charge in [0.2, 0.25) is 0 Å². The van der Waals surface area contributed by atoms with Crippen molar-refractivity contribution in [2.24, 2.45) is 0 Å². The van der Waals surface area contributed by atoms with Crippen LogP contribution in [0.2, 0.25) is 0 Å². The van der Waals surface area contributed by atoms with Gasteiger partial charge in [-0.1, -0.05) is 37.3 Å². The number of hydrogen-bond donors (Lipinski definition) is 3. The number of hydrogen-bond acceptors (Lipinski definition) is 4. The highest BCUT2D eigenvalue weighted by molar-refractivity contribution is 6.03. The number of nitrogens with one attached hydrogen (secondary N) is 2. The van der Waals surface area contributed by atoms with Crippen LogP contribution in [0.25, 0.3) is 0 Å². The predicted molar refractivity (Wildman–Crippen MR) is 134 cm³/mol. The number of Topliss-reactive ketones (excluding diaryl/α,β-unsaturated/α-hetero) is 1. The summed E-state index contributed by atoms with van der Waals surface area (Å²) in [6.45, 7) is 2.75. The van der Waals surface area contributed by atoms with Gasteiger partial charge in [-0.15, -0.1) is 0 Å². The second kappa shape index (κ2) is 11.5. The third-order valence-electron chi connectivity index (χ3n) is 6.54. The first kappa shape index (κ1) is 25.7. The molecular formula is C29H30F2N2O3. The summed E-state index contributed by atoms with van der Waals surface area (Å²) in [5, 5.41) is 17.0. The molecule has 4 rings (SSSR count). The molecule has 0 bridgehead atoms. The molecule has 3 N–H and O–H groups in total. The van der Waals surface area contributed by atoms with E-state index in [1.807, 2.05) is 12.1 Å². The van der Waals surface area contributed by atoms with Crippen molar-refractivity contribution in [2.75, 3.05) is 6.54 Å².